The fourth-order valence-corrected chi connectivity index (χ4v) is 6.88. The van der Waals surface area contributed by atoms with Crippen LogP contribution in [0.4, 0.5) is 0 Å². The number of hydrogen-bond acceptors (Lipinski definition) is 5. The van der Waals surface area contributed by atoms with Crippen LogP contribution in [0.2, 0.25) is 0 Å². The SMILES string of the molecule is C/C(=C\c1ccc(O)c2ccccc12)CC[C@H]1OC[C@H]2C1=C(COc1ccccc1)CS2(=O)=O. The Labute approximate surface area is 200 Å². The minimum absolute atomic E-state index is 0.0496. The van der Waals surface area contributed by atoms with E-state index in [0.29, 0.717) is 6.42 Å². The Hall–Kier alpha value is -3.09. The Bertz CT molecular complexity index is 1370. The second-order valence-electron chi connectivity index (χ2n) is 9.03. The van der Waals surface area contributed by atoms with Crippen LogP contribution in [0, 0.1) is 0 Å². The van der Waals surface area contributed by atoms with Gasteiger partial charge in [-0.3, -0.25) is 0 Å². The third kappa shape index (κ3) is 4.48. The third-order valence-corrected chi connectivity index (χ3v) is 8.66. The summed E-state index contributed by atoms with van der Waals surface area (Å²) in [5.41, 5.74) is 3.96. The molecule has 0 unspecified atom stereocenters. The summed E-state index contributed by atoms with van der Waals surface area (Å²) >= 11 is 0. The summed E-state index contributed by atoms with van der Waals surface area (Å²) < 4.78 is 37.3. The summed E-state index contributed by atoms with van der Waals surface area (Å²) in [4.78, 5) is 0. The fourth-order valence-electron chi connectivity index (χ4n) is 4.95. The van der Waals surface area contributed by atoms with E-state index in [1.165, 1.54) is 5.57 Å². The zero-order valence-corrected chi connectivity index (χ0v) is 19.9. The number of benzene rings is 3. The maximum Gasteiger partial charge on any atom is 0.163 e. The van der Waals surface area contributed by atoms with Crippen LogP contribution in [-0.2, 0) is 14.6 Å². The van der Waals surface area contributed by atoms with E-state index in [9.17, 15) is 13.5 Å². The van der Waals surface area contributed by atoms with Gasteiger partial charge >= 0.3 is 0 Å². The molecule has 5 nitrogen and oxygen atoms in total. The van der Waals surface area contributed by atoms with Crippen LogP contribution in [-0.4, -0.2) is 43.8 Å². The number of phenolic OH excluding ortho intramolecular Hbond substituents is 1. The smallest absolute Gasteiger partial charge is 0.163 e. The molecule has 3 aromatic rings. The van der Waals surface area contributed by atoms with Crippen molar-refractivity contribution in [1.82, 2.24) is 0 Å². The van der Waals surface area contributed by atoms with Crippen molar-refractivity contribution in [2.45, 2.75) is 31.1 Å². The van der Waals surface area contributed by atoms with Crippen molar-refractivity contribution in [3.63, 3.8) is 0 Å². The lowest BCUT2D eigenvalue weighted by Crippen LogP contribution is -2.19. The van der Waals surface area contributed by atoms with Crippen molar-refractivity contribution in [2.24, 2.45) is 0 Å². The van der Waals surface area contributed by atoms with Crippen LogP contribution in [0.5, 0.6) is 11.5 Å². The third-order valence-electron chi connectivity index (χ3n) is 6.65. The molecule has 1 N–H and O–H groups in total. The maximum absolute atomic E-state index is 12.7. The molecule has 2 heterocycles. The quantitative estimate of drug-likeness (QED) is 0.469. The average Bonchev–Trinajstić information content (AvgIpc) is 3.38. The predicted octanol–water partition coefficient (Wildman–Crippen LogP) is 5.30. The topological polar surface area (TPSA) is 72.8 Å². The minimum Gasteiger partial charge on any atom is -0.507 e. The van der Waals surface area contributed by atoms with E-state index < -0.39 is 15.1 Å². The van der Waals surface area contributed by atoms with Gasteiger partial charge in [0.25, 0.3) is 0 Å². The Kier molecular flexibility index (Phi) is 6.19. The highest BCUT2D eigenvalue weighted by Gasteiger charge is 2.46. The number of ether oxygens (including phenoxy) is 2. The van der Waals surface area contributed by atoms with E-state index >= 15 is 0 Å². The molecule has 2 atom stereocenters. The van der Waals surface area contributed by atoms with Crippen LogP contribution in [0.25, 0.3) is 16.8 Å². The zero-order valence-electron chi connectivity index (χ0n) is 19.1. The van der Waals surface area contributed by atoms with Crippen LogP contribution >= 0.6 is 0 Å². The molecule has 1 fully saturated rings. The Morgan fingerprint density at radius 2 is 1.79 bits per heavy atom. The van der Waals surface area contributed by atoms with E-state index in [-0.39, 0.29) is 30.8 Å². The van der Waals surface area contributed by atoms with E-state index in [2.05, 4.69) is 13.0 Å². The first-order valence-corrected chi connectivity index (χ1v) is 13.2. The summed E-state index contributed by atoms with van der Waals surface area (Å²) in [5.74, 6) is 1.05. The normalized spacial score (nSPS) is 21.7. The van der Waals surface area contributed by atoms with Gasteiger partial charge in [-0.05, 0) is 60.1 Å². The molecule has 0 bridgehead atoms. The molecule has 176 valence electrons. The molecular weight excluding hydrogens is 448 g/mol. The number of allylic oxidation sites excluding steroid dienone is 1. The highest BCUT2D eigenvalue weighted by molar-refractivity contribution is 7.92. The average molecular weight is 477 g/mol. The molecule has 0 saturated carbocycles. The fraction of sp³-hybridized carbons (Fsp3) is 0.286. The monoisotopic (exact) mass is 476 g/mol. The molecule has 5 rings (SSSR count). The molecular formula is C28H28O5S. The lowest BCUT2D eigenvalue weighted by Gasteiger charge is -2.15. The number of aromatic hydroxyl groups is 1. The number of para-hydroxylation sites is 1. The van der Waals surface area contributed by atoms with Gasteiger partial charge in [0.1, 0.15) is 23.4 Å². The molecule has 6 heteroatoms. The highest BCUT2D eigenvalue weighted by atomic mass is 32.2. The maximum atomic E-state index is 12.7. The van der Waals surface area contributed by atoms with Crippen molar-refractivity contribution >= 4 is 26.7 Å². The molecule has 0 radical (unpaired) electrons. The van der Waals surface area contributed by atoms with Gasteiger partial charge in [0.15, 0.2) is 9.84 Å². The van der Waals surface area contributed by atoms with Crippen molar-refractivity contribution in [3.05, 3.63) is 89.0 Å². The number of hydrogen-bond donors (Lipinski definition) is 1. The molecule has 2 aliphatic heterocycles. The van der Waals surface area contributed by atoms with Crippen LogP contribution < -0.4 is 4.74 Å². The largest absolute Gasteiger partial charge is 0.507 e. The number of fused-ring (bicyclic) bond motifs is 2. The molecule has 34 heavy (non-hydrogen) atoms. The second kappa shape index (κ2) is 9.28. The Balaban J connectivity index is 1.33. The van der Waals surface area contributed by atoms with E-state index in [0.717, 1.165) is 39.7 Å². The van der Waals surface area contributed by atoms with Gasteiger partial charge in [-0.1, -0.05) is 60.2 Å². The molecule has 2 aliphatic rings. The van der Waals surface area contributed by atoms with Crippen molar-refractivity contribution in [2.75, 3.05) is 19.0 Å². The zero-order chi connectivity index (χ0) is 23.7. The first kappa shape index (κ1) is 22.7. The highest BCUT2D eigenvalue weighted by Crippen LogP contribution is 2.39. The van der Waals surface area contributed by atoms with E-state index in [1.807, 2.05) is 60.7 Å². The van der Waals surface area contributed by atoms with Gasteiger partial charge in [0.05, 0.1) is 18.5 Å². The van der Waals surface area contributed by atoms with Gasteiger partial charge in [-0.15, -0.1) is 0 Å². The van der Waals surface area contributed by atoms with Gasteiger partial charge in [0.2, 0.25) is 0 Å². The molecule has 0 aromatic heterocycles. The van der Waals surface area contributed by atoms with Crippen LogP contribution in [0.15, 0.2) is 83.4 Å². The molecule has 1 saturated heterocycles. The molecule has 3 aromatic carbocycles. The van der Waals surface area contributed by atoms with Crippen LogP contribution in [0.1, 0.15) is 25.3 Å². The van der Waals surface area contributed by atoms with Gasteiger partial charge in [-0.2, -0.15) is 0 Å². The summed E-state index contributed by atoms with van der Waals surface area (Å²) in [6.45, 7) is 2.57. The molecule has 0 aliphatic carbocycles. The first-order valence-electron chi connectivity index (χ1n) is 11.5. The summed E-state index contributed by atoms with van der Waals surface area (Å²) in [5, 5.41) is 11.4. The Morgan fingerprint density at radius 1 is 1.06 bits per heavy atom. The standard InChI is InChI=1S/C28H28O5S/c1-19(15-20-12-13-25(29)24-10-6-5-9-23(20)24)11-14-26-28-21(16-32-22-7-3-2-4-8-22)18-34(30,31)27(28)17-33-26/h2-10,12-13,15,26-27,29H,11,14,16-18H2,1H3/b19-15+/t26-,27+/m1/s1. The van der Waals surface area contributed by atoms with E-state index in [4.69, 9.17) is 9.47 Å². The molecule has 0 spiro atoms. The van der Waals surface area contributed by atoms with Crippen LogP contribution in [0.3, 0.4) is 0 Å². The van der Waals surface area contributed by atoms with Crippen molar-refractivity contribution in [1.29, 1.82) is 0 Å². The number of phenols is 1. The van der Waals surface area contributed by atoms with E-state index in [1.54, 1.807) is 6.07 Å². The number of rotatable bonds is 7. The predicted molar refractivity (Wildman–Crippen MR) is 135 cm³/mol. The Morgan fingerprint density at radius 3 is 2.59 bits per heavy atom. The number of sulfone groups is 1. The first-order chi connectivity index (χ1) is 16.4. The summed E-state index contributed by atoms with van der Waals surface area (Å²) in [6.07, 6.45) is 3.42. The minimum atomic E-state index is -3.24. The van der Waals surface area contributed by atoms with Crippen molar-refractivity contribution in [3.8, 4) is 11.5 Å². The van der Waals surface area contributed by atoms with Gasteiger partial charge in [0, 0.05) is 5.39 Å². The van der Waals surface area contributed by atoms with Crippen molar-refractivity contribution < 1.29 is 23.0 Å². The summed E-state index contributed by atoms with van der Waals surface area (Å²) in [6, 6.07) is 20.9. The van der Waals surface area contributed by atoms with Gasteiger partial charge in [-0.25, -0.2) is 8.42 Å². The molecule has 0 amide bonds. The summed E-state index contributed by atoms with van der Waals surface area (Å²) in [7, 11) is -3.24. The second-order valence-corrected chi connectivity index (χ2v) is 11.2. The van der Waals surface area contributed by atoms with Gasteiger partial charge < -0.3 is 14.6 Å². The lowest BCUT2D eigenvalue weighted by molar-refractivity contribution is 0.117. The lowest BCUT2D eigenvalue weighted by atomic mass is 9.96.